The molecule has 0 aromatic rings. The van der Waals surface area contributed by atoms with Crippen molar-refractivity contribution in [1.29, 1.82) is 0 Å². The lowest BCUT2D eigenvalue weighted by Gasteiger charge is -2.35. The maximum Gasteiger partial charge on any atom is 0.325 e. The zero-order valence-electron chi connectivity index (χ0n) is 13.2. The highest BCUT2D eigenvalue weighted by Gasteiger charge is 2.29. The van der Waals surface area contributed by atoms with E-state index in [2.05, 4.69) is 11.8 Å². The molecule has 1 aliphatic heterocycles. The first-order chi connectivity index (χ1) is 9.51. The van der Waals surface area contributed by atoms with Gasteiger partial charge in [-0.3, -0.25) is 9.69 Å². The van der Waals surface area contributed by atoms with Crippen molar-refractivity contribution in [3.05, 3.63) is 0 Å². The largest absolute Gasteiger partial charge is 0.465 e. The summed E-state index contributed by atoms with van der Waals surface area (Å²) in [5.41, 5.74) is 5.15. The van der Waals surface area contributed by atoms with Crippen LogP contribution >= 0.6 is 0 Å². The summed E-state index contributed by atoms with van der Waals surface area (Å²) in [5, 5.41) is 0. The quantitative estimate of drug-likeness (QED) is 0.542. The number of unbranched alkanes of at least 4 members (excludes halogenated alkanes) is 1. The summed E-state index contributed by atoms with van der Waals surface area (Å²) in [6.07, 6.45) is 3.80. The predicted molar refractivity (Wildman–Crippen MR) is 79.5 cm³/mol. The molecule has 0 radical (unpaired) electrons. The van der Waals surface area contributed by atoms with Gasteiger partial charge in [-0.1, -0.05) is 6.92 Å². The third-order valence-corrected chi connectivity index (χ3v) is 3.95. The normalized spacial score (nSPS) is 23.3. The van der Waals surface area contributed by atoms with Crippen molar-refractivity contribution < 1.29 is 14.3 Å². The summed E-state index contributed by atoms with van der Waals surface area (Å²) in [7, 11) is 0. The summed E-state index contributed by atoms with van der Waals surface area (Å²) >= 11 is 0. The highest BCUT2D eigenvalue weighted by atomic mass is 16.5. The number of hydrogen-bond donors (Lipinski definition) is 1. The van der Waals surface area contributed by atoms with Gasteiger partial charge in [0.25, 0.3) is 0 Å². The van der Waals surface area contributed by atoms with Gasteiger partial charge in [0, 0.05) is 12.6 Å². The number of carbonyl (C=O) groups excluding carboxylic acids is 1. The molecule has 0 bridgehead atoms. The molecule has 1 saturated heterocycles. The Balaban J connectivity index is 2.25. The first kappa shape index (κ1) is 17.4. The fraction of sp³-hybridized carbons (Fsp3) is 0.933. The molecule has 5 nitrogen and oxygen atoms in total. The van der Waals surface area contributed by atoms with Crippen molar-refractivity contribution in [3.63, 3.8) is 0 Å². The number of carbonyl (C=O) groups is 1. The van der Waals surface area contributed by atoms with Gasteiger partial charge < -0.3 is 15.2 Å². The monoisotopic (exact) mass is 286 g/mol. The lowest BCUT2D eigenvalue weighted by atomic mass is 9.96. The van der Waals surface area contributed by atoms with Gasteiger partial charge in [0.1, 0.15) is 5.54 Å². The topological polar surface area (TPSA) is 64.8 Å². The highest BCUT2D eigenvalue weighted by Crippen LogP contribution is 2.15. The van der Waals surface area contributed by atoms with Crippen LogP contribution in [0.2, 0.25) is 0 Å². The third kappa shape index (κ3) is 5.38. The first-order valence-electron chi connectivity index (χ1n) is 7.79. The van der Waals surface area contributed by atoms with E-state index in [1.54, 1.807) is 13.8 Å². The van der Waals surface area contributed by atoms with Gasteiger partial charge in [-0.05, 0) is 46.1 Å². The molecule has 1 heterocycles. The van der Waals surface area contributed by atoms with Crippen LogP contribution in [0, 0.1) is 0 Å². The van der Waals surface area contributed by atoms with E-state index < -0.39 is 5.54 Å². The first-order valence-corrected chi connectivity index (χ1v) is 7.79. The summed E-state index contributed by atoms with van der Waals surface area (Å²) in [5.74, 6) is -0.294. The van der Waals surface area contributed by atoms with E-state index in [1.807, 2.05) is 0 Å². The van der Waals surface area contributed by atoms with Gasteiger partial charge in [0.05, 0.1) is 19.8 Å². The number of nitrogens with two attached hydrogens (primary N) is 1. The Hall–Kier alpha value is -0.650. The lowest BCUT2D eigenvalue weighted by Crippen LogP contribution is -2.47. The Morgan fingerprint density at radius 1 is 1.45 bits per heavy atom. The molecule has 1 fully saturated rings. The number of nitrogens with zero attached hydrogens (tertiary/aromatic N) is 1. The summed E-state index contributed by atoms with van der Waals surface area (Å²) < 4.78 is 10.5. The second-order valence-electron chi connectivity index (χ2n) is 5.77. The van der Waals surface area contributed by atoms with E-state index in [9.17, 15) is 4.79 Å². The molecule has 20 heavy (non-hydrogen) atoms. The Morgan fingerprint density at radius 3 is 2.85 bits per heavy atom. The minimum atomic E-state index is -0.856. The maximum absolute atomic E-state index is 11.7. The number of rotatable bonds is 8. The molecule has 2 atom stereocenters. The average Bonchev–Trinajstić information content (AvgIpc) is 2.44. The van der Waals surface area contributed by atoms with Gasteiger partial charge in [-0.15, -0.1) is 0 Å². The fourth-order valence-corrected chi connectivity index (χ4v) is 2.56. The van der Waals surface area contributed by atoms with E-state index >= 15 is 0 Å². The number of ether oxygens (including phenoxy) is 2. The molecule has 5 heteroatoms. The van der Waals surface area contributed by atoms with Crippen LogP contribution in [0.3, 0.4) is 0 Å². The summed E-state index contributed by atoms with van der Waals surface area (Å²) in [6, 6.07) is 0.540. The van der Waals surface area contributed by atoms with Gasteiger partial charge >= 0.3 is 5.97 Å². The number of esters is 1. The van der Waals surface area contributed by atoms with E-state index in [-0.39, 0.29) is 5.97 Å². The van der Waals surface area contributed by atoms with Crippen LogP contribution in [-0.2, 0) is 14.3 Å². The van der Waals surface area contributed by atoms with Gasteiger partial charge in [0.2, 0.25) is 0 Å². The van der Waals surface area contributed by atoms with Crippen molar-refractivity contribution in [2.24, 2.45) is 5.73 Å². The Kier molecular flexibility index (Phi) is 7.48. The van der Waals surface area contributed by atoms with Crippen molar-refractivity contribution in [3.8, 4) is 0 Å². The zero-order chi connectivity index (χ0) is 15.0. The molecule has 118 valence electrons. The van der Waals surface area contributed by atoms with E-state index in [1.165, 1.54) is 0 Å². The van der Waals surface area contributed by atoms with Crippen LogP contribution in [0.5, 0.6) is 0 Å². The highest BCUT2D eigenvalue weighted by molar-refractivity contribution is 5.79. The summed E-state index contributed by atoms with van der Waals surface area (Å²) in [6.45, 7) is 9.88. The van der Waals surface area contributed by atoms with Crippen LogP contribution in [0.25, 0.3) is 0 Å². The molecular weight excluding hydrogens is 256 g/mol. The van der Waals surface area contributed by atoms with Crippen LogP contribution in [0.4, 0.5) is 0 Å². The molecule has 0 aromatic heterocycles. The molecule has 0 aliphatic carbocycles. The second kappa shape index (κ2) is 8.60. The number of morpholine rings is 1. The second-order valence-corrected chi connectivity index (χ2v) is 5.77. The molecule has 0 spiro atoms. The van der Waals surface area contributed by atoms with Crippen molar-refractivity contribution in [1.82, 2.24) is 4.90 Å². The number of hydrogen-bond acceptors (Lipinski definition) is 5. The van der Waals surface area contributed by atoms with Crippen molar-refractivity contribution in [2.45, 2.75) is 58.0 Å². The Morgan fingerprint density at radius 2 is 2.20 bits per heavy atom. The molecule has 1 rings (SSSR count). The van der Waals surface area contributed by atoms with E-state index in [0.29, 0.717) is 19.1 Å². The van der Waals surface area contributed by atoms with Crippen molar-refractivity contribution >= 4 is 5.97 Å². The minimum Gasteiger partial charge on any atom is -0.465 e. The van der Waals surface area contributed by atoms with Gasteiger partial charge in [-0.25, -0.2) is 0 Å². The van der Waals surface area contributed by atoms with Crippen molar-refractivity contribution in [2.75, 3.05) is 32.9 Å². The van der Waals surface area contributed by atoms with Crippen LogP contribution in [0.15, 0.2) is 0 Å². The van der Waals surface area contributed by atoms with Crippen LogP contribution in [0.1, 0.15) is 46.5 Å². The van der Waals surface area contributed by atoms with Gasteiger partial charge in [0.15, 0.2) is 0 Å². The van der Waals surface area contributed by atoms with Gasteiger partial charge in [-0.2, -0.15) is 0 Å². The average molecular weight is 286 g/mol. The maximum atomic E-state index is 11.7. The predicted octanol–water partition coefficient (Wildman–Crippen LogP) is 1.55. The smallest absolute Gasteiger partial charge is 0.325 e. The molecule has 2 N–H and O–H groups in total. The van der Waals surface area contributed by atoms with E-state index in [4.69, 9.17) is 15.2 Å². The minimum absolute atomic E-state index is 0.294. The standard InChI is InChI=1S/C15H30N2O3/c1-4-13-12-19-11-10-17(13)9-7-6-8-15(3,16)14(18)20-5-2/h13H,4-12,16H2,1-3H3. The Bertz CT molecular complexity index is 295. The molecular formula is C15H30N2O3. The molecule has 1 aliphatic rings. The fourth-order valence-electron chi connectivity index (χ4n) is 2.56. The molecule has 0 amide bonds. The molecule has 0 saturated carbocycles. The van der Waals surface area contributed by atoms with E-state index in [0.717, 1.165) is 45.6 Å². The van der Waals surface area contributed by atoms with Crippen LogP contribution in [-0.4, -0.2) is 55.4 Å². The molecule has 2 unspecified atom stereocenters. The SMILES string of the molecule is CCOC(=O)C(C)(N)CCCCN1CCOCC1CC. The van der Waals surface area contributed by atoms with Crippen LogP contribution < -0.4 is 5.73 Å². The lowest BCUT2D eigenvalue weighted by molar-refractivity contribution is -0.149. The zero-order valence-corrected chi connectivity index (χ0v) is 13.2. The third-order valence-electron chi connectivity index (χ3n) is 3.95. The molecule has 0 aromatic carbocycles. The Labute approximate surface area is 122 Å². The summed E-state index contributed by atoms with van der Waals surface area (Å²) in [4.78, 5) is 14.2.